The Morgan fingerprint density at radius 3 is 2.22 bits per heavy atom. The van der Waals surface area contributed by atoms with Gasteiger partial charge in [-0.15, -0.1) is 0 Å². The number of aliphatic hydroxyl groups excluding tert-OH is 1. The summed E-state index contributed by atoms with van der Waals surface area (Å²) in [6, 6.07) is 9.50. The topological polar surface area (TPSA) is 23.5 Å². The molecule has 5 heteroatoms. The SMILES string of the molecule is CCC(O)CN(Cc1ccc(F)cc1)Cc1ccc(F)cc1F. The summed E-state index contributed by atoms with van der Waals surface area (Å²) < 4.78 is 39.8. The molecule has 23 heavy (non-hydrogen) atoms. The second kappa shape index (κ2) is 8.13. The van der Waals surface area contributed by atoms with E-state index >= 15 is 0 Å². The van der Waals surface area contributed by atoms with Crippen LogP contribution in [-0.2, 0) is 13.1 Å². The van der Waals surface area contributed by atoms with Crippen molar-refractivity contribution in [1.29, 1.82) is 0 Å². The number of aliphatic hydroxyl groups is 1. The van der Waals surface area contributed by atoms with E-state index in [4.69, 9.17) is 0 Å². The molecule has 0 aliphatic carbocycles. The minimum Gasteiger partial charge on any atom is -0.392 e. The van der Waals surface area contributed by atoms with E-state index < -0.39 is 17.7 Å². The zero-order valence-corrected chi connectivity index (χ0v) is 13.0. The Hall–Kier alpha value is -1.85. The third-order valence-electron chi connectivity index (χ3n) is 3.67. The predicted octanol–water partition coefficient (Wildman–Crippen LogP) is 3.88. The van der Waals surface area contributed by atoms with Crippen LogP contribution < -0.4 is 0 Å². The van der Waals surface area contributed by atoms with Crippen LogP contribution in [0.3, 0.4) is 0 Å². The molecule has 0 bridgehead atoms. The molecule has 0 saturated heterocycles. The number of nitrogens with zero attached hydrogens (tertiary/aromatic N) is 1. The fourth-order valence-corrected chi connectivity index (χ4v) is 2.35. The molecule has 1 atom stereocenters. The van der Waals surface area contributed by atoms with Gasteiger partial charge in [0, 0.05) is 31.3 Å². The highest BCUT2D eigenvalue weighted by atomic mass is 19.1. The van der Waals surface area contributed by atoms with Gasteiger partial charge in [0.15, 0.2) is 0 Å². The summed E-state index contributed by atoms with van der Waals surface area (Å²) in [6.45, 7) is 2.89. The van der Waals surface area contributed by atoms with Crippen LogP contribution in [-0.4, -0.2) is 22.7 Å². The molecule has 0 amide bonds. The highest BCUT2D eigenvalue weighted by Gasteiger charge is 2.14. The molecule has 0 fully saturated rings. The molecule has 2 aromatic rings. The largest absolute Gasteiger partial charge is 0.392 e. The molecule has 0 aromatic heterocycles. The Kier molecular flexibility index (Phi) is 6.19. The zero-order valence-electron chi connectivity index (χ0n) is 13.0. The highest BCUT2D eigenvalue weighted by Crippen LogP contribution is 2.15. The van der Waals surface area contributed by atoms with Gasteiger partial charge in [-0.05, 0) is 30.2 Å². The van der Waals surface area contributed by atoms with Crippen molar-refractivity contribution < 1.29 is 18.3 Å². The maximum atomic E-state index is 13.8. The quantitative estimate of drug-likeness (QED) is 0.836. The van der Waals surface area contributed by atoms with Gasteiger partial charge in [0.2, 0.25) is 0 Å². The summed E-state index contributed by atoms with van der Waals surface area (Å²) in [7, 11) is 0. The normalized spacial score (nSPS) is 12.6. The maximum Gasteiger partial charge on any atom is 0.130 e. The molecule has 2 aromatic carbocycles. The Bertz CT molecular complexity index is 631. The first-order valence-electron chi connectivity index (χ1n) is 7.56. The van der Waals surface area contributed by atoms with Crippen molar-refractivity contribution in [3.63, 3.8) is 0 Å². The van der Waals surface area contributed by atoms with Gasteiger partial charge in [-0.25, -0.2) is 13.2 Å². The summed E-state index contributed by atoms with van der Waals surface area (Å²) >= 11 is 0. The van der Waals surface area contributed by atoms with Crippen LogP contribution in [0, 0.1) is 17.5 Å². The number of benzene rings is 2. The molecule has 2 nitrogen and oxygen atoms in total. The highest BCUT2D eigenvalue weighted by molar-refractivity contribution is 5.20. The van der Waals surface area contributed by atoms with E-state index in [2.05, 4.69) is 0 Å². The number of hydrogen-bond donors (Lipinski definition) is 1. The zero-order chi connectivity index (χ0) is 16.8. The average molecular weight is 323 g/mol. The monoisotopic (exact) mass is 323 g/mol. The van der Waals surface area contributed by atoms with Gasteiger partial charge < -0.3 is 5.11 Å². The Labute approximate surface area is 134 Å². The Balaban J connectivity index is 2.14. The van der Waals surface area contributed by atoms with Gasteiger partial charge in [-0.1, -0.05) is 25.1 Å². The Morgan fingerprint density at radius 2 is 1.61 bits per heavy atom. The number of hydrogen-bond acceptors (Lipinski definition) is 2. The van der Waals surface area contributed by atoms with Gasteiger partial charge in [0.05, 0.1) is 6.10 Å². The van der Waals surface area contributed by atoms with E-state index in [-0.39, 0.29) is 12.4 Å². The molecule has 0 aliphatic heterocycles. The smallest absolute Gasteiger partial charge is 0.130 e. The Morgan fingerprint density at radius 1 is 0.957 bits per heavy atom. The molecule has 0 spiro atoms. The first kappa shape index (κ1) is 17.5. The first-order valence-corrected chi connectivity index (χ1v) is 7.56. The minimum absolute atomic E-state index is 0.237. The summed E-state index contributed by atoms with van der Waals surface area (Å²) in [5.41, 5.74) is 1.22. The molecule has 0 heterocycles. The lowest BCUT2D eigenvalue weighted by atomic mass is 10.1. The van der Waals surface area contributed by atoms with Crippen molar-refractivity contribution >= 4 is 0 Å². The summed E-state index contributed by atoms with van der Waals surface area (Å²) in [6.07, 6.45) is 0.0326. The predicted molar refractivity (Wildman–Crippen MR) is 83.2 cm³/mol. The standard InChI is InChI=1S/C18H20F3NO/c1-2-17(23)12-22(10-13-3-6-15(19)7-4-13)11-14-5-8-16(20)9-18(14)21/h3-9,17,23H,2,10-12H2,1H3. The first-order chi connectivity index (χ1) is 11.0. The van der Waals surface area contributed by atoms with Crippen LogP contribution in [0.1, 0.15) is 24.5 Å². The van der Waals surface area contributed by atoms with Crippen molar-refractivity contribution in [2.75, 3.05) is 6.54 Å². The van der Waals surface area contributed by atoms with Crippen LogP contribution in [0.4, 0.5) is 13.2 Å². The lowest BCUT2D eigenvalue weighted by molar-refractivity contribution is 0.101. The van der Waals surface area contributed by atoms with E-state index in [0.29, 0.717) is 25.1 Å². The summed E-state index contributed by atoms with van der Waals surface area (Å²) in [5.74, 6) is -1.55. The lowest BCUT2D eigenvalue weighted by Crippen LogP contribution is -2.31. The van der Waals surface area contributed by atoms with Gasteiger partial charge >= 0.3 is 0 Å². The molecular weight excluding hydrogens is 303 g/mol. The molecule has 2 rings (SSSR count). The minimum atomic E-state index is -0.620. The molecule has 1 N–H and O–H groups in total. The van der Waals surface area contributed by atoms with Crippen molar-refractivity contribution in [1.82, 2.24) is 4.90 Å². The fraction of sp³-hybridized carbons (Fsp3) is 0.333. The van der Waals surface area contributed by atoms with Crippen LogP contribution >= 0.6 is 0 Å². The molecule has 0 saturated carbocycles. The molecular formula is C18H20F3NO. The van der Waals surface area contributed by atoms with E-state index in [0.717, 1.165) is 11.6 Å². The van der Waals surface area contributed by atoms with E-state index in [1.165, 1.54) is 24.3 Å². The van der Waals surface area contributed by atoms with Gasteiger partial charge in [-0.2, -0.15) is 0 Å². The maximum absolute atomic E-state index is 13.8. The fourth-order valence-electron chi connectivity index (χ4n) is 2.35. The number of halogens is 3. The van der Waals surface area contributed by atoms with E-state index in [9.17, 15) is 18.3 Å². The van der Waals surface area contributed by atoms with Crippen LogP contribution in [0.25, 0.3) is 0 Å². The van der Waals surface area contributed by atoms with E-state index in [1.807, 2.05) is 11.8 Å². The molecule has 124 valence electrons. The molecule has 1 unspecified atom stereocenters. The van der Waals surface area contributed by atoms with Crippen molar-refractivity contribution in [3.05, 3.63) is 71.0 Å². The third-order valence-corrected chi connectivity index (χ3v) is 3.67. The summed E-state index contributed by atoms with van der Waals surface area (Å²) in [5, 5.41) is 9.89. The van der Waals surface area contributed by atoms with Crippen molar-refractivity contribution in [2.24, 2.45) is 0 Å². The summed E-state index contributed by atoms with van der Waals surface area (Å²) in [4.78, 5) is 1.86. The van der Waals surface area contributed by atoms with Crippen LogP contribution in [0.2, 0.25) is 0 Å². The van der Waals surface area contributed by atoms with Crippen molar-refractivity contribution in [3.8, 4) is 0 Å². The van der Waals surface area contributed by atoms with Crippen molar-refractivity contribution in [2.45, 2.75) is 32.5 Å². The average Bonchev–Trinajstić information content (AvgIpc) is 2.52. The van der Waals surface area contributed by atoms with E-state index in [1.54, 1.807) is 12.1 Å². The van der Waals surface area contributed by atoms with Gasteiger partial charge in [0.25, 0.3) is 0 Å². The second-order valence-corrected chi connectivity index (χ2v) is 5.59. The number of rotatable bonds is 7. The van der Waals surface area contributed by atoms with Gasteiger partial charge in [-0.3, -0.25) is 4.90 Å². The second-order valence-electron chi connectivity index (χ2n) is 5.59. The van der Waals surface area contributed by atoms with Crippen LogP contribution in [0.15, 0.2) is 42.5 Å². The molecule has 0 radical (unpaired) electrons. The third kappa shape index (κ3) is 5.37. The lowest BCUT2D eigenvalue weighted by Gasteiger charge is -2.25. The molecule has 0 aliphatic rings. The van der Waals surface area contributed by atoms with Gasteiger partial charge in [0.1, 0.15) is 17.5 Å². The van der Waals surface area contributed by atoms with Crippen LogP contribution in [0.5, 0.6) is 0 Å².